The van der Waals surface area contributed by atoms with E-state index in [-0.39, 0.29) is 11.7 Å². The molecule has 0 saturated heterocycles. The molecule has 0 fully saturated rings. The molecular formula is C11H14ClNO. The van der Waals surface area contributed by atoms with Crippen molar-refractivity contribution in [1.82, 2.24) is 4.98 Å². The van der Waals surface area contributed by atoms with E-state index in [0.29, 0.717) is 10.6 Å². The number of hydrogen-bond acceptors (Lipinski definition) is 2. The van der Waals surface area contributed by atoms with Gasteiger partial charge in [-0.3, -0.25) is 9.78 Å². The molecule has 1 aromatic rings. The van der Waals surface area contributed by atoms with Gasteiger partial charge in [-0.15, -0.1) is 0 Å². The van der Waals surface area contributed by atoms with Gasteiger partial charge in [0.05, 0.1) is 5.02 Å². The van der Waals surface area contributed by atoms with E-state index in [2.05, 4.69) is 11.9 Å². The fourth-order valence-corrected chi connectivity index (χ4v) is 1.62. The second kappa shape index (κ2) is 5.11. The van der Waals surface area contributed by atoms with Crippen LogP contribution >= 0.6 is 11.6 Å². The second-order valence-electron chi connectivity index (χ2n) is 3.41. The first-order valence-corrected chi connectivity index (χ1v) is 5.18. The maximum Gasteiger partial charge on any atom is 0.167 e. The highest BCUT2D eigenvalue weighted by atomic mass is 35.5. The Balaban J connectivity index is 2.84. The van der Waals surface area contributed by atoms with E-state index >= 15 is 0 Å². The summed E-state index contributed by atoms with van der Waals surface area (Å²) in [7, 11) is 0. The fraction of sp³-hybridized carbons (Fsp3) is 0.455. The van der Waals surface area contributed by atoms with Crippen LogP contribution in [0.15, 0.2) is 18.5 Å². The Bertz CT molecular complexity index is 325. The van der Waals surface area contributed by atoms with E-state index in [1.54, 1.807) is 12.3 Å². The van der Waals surface area contributed by atoms with Crippen molar-refractivity contribution in [3.63, 3.8) is 0 Å². The van der Waals surface area contributed by atoms with Gasteiger partial charge in [0.15, 0.2) is 5.78 Å². The molecule has 0 radical (unpaired) electrons. The molecule has 0 aliphatic heterocycles. The van der Waals surface area contributed by atoms with Gasteiger partial charge >= 0.3 is 0 Å². The number of carbonyl (C=O) groups excluding carboxylic acids is 1. The topological polar surface area (TPSA) is 30.0 Å². The van der Waals surface area contributed by atoms with Gasteiger partial charge in [-0.2, -0.15) is 0 Å². The summed E-state index contributed by atoms with van der Waals surface area (Å²) < 4.78 is 0. The van der Waals surface area contributed by atoms with E-state index in [1.165, 1.54) is 6.20 Å². The van der Waals surface area contributed by atoms with Gasteiger partial charge in [0.1, 0.15) is 0 Å². The standard InChI is InChI=1S/C11H14ClNO/c1-3-4-8(2)11(14)9-5-6-13-7-10(9)12/h5-8H,3-4H2,1-2H3/t8-/m1/s1. The molecule has 0 aliphatic rings. The molecular weight excluding hydrogens is 198 g/mol. The third kappa shape index (κ3) is 2.55. The zero-order chi connectivity index (χ0) is 10.6. The van der Waals surface area contributed by atoms with Gasteiger partial charge < -0.3 is 0 Å². The maximum absolute atomic E-state index is 11.8. The van der Waals surface area contributed by atoms with E-state index in [4.69, 9.17) is 11.6 Å². The van der Waals surface area contributed by atoms with E-state index in [9.17, 15) is 4.79 Å². The Kier molecular flexibility index (Phi) is 4.08. The molecule has 1 aromatic heterocycles. The van der Waals surface area contributed by atoms with Gasteiger partial charge in [-0.25, -0.2) is 0 Å². The van der Waals surface area contributed by atoms with Gasteiger partial charge in [0.2, 0.25) is 0 Å². The van der Waals surface area contributed by atoms with Crippen LogP contribution < -0.4 is 0 Å². The molecule has 0 saturated carbocycles. The Morgan fingerprint density at radius 2 is 2.36 bits per heavy atom. The van der Waals surface area contributed by atoms with Crippen molar-refractivity contribution < 1.29 is 4.79 Å². The minimum atomic E-state index is 0.0416. The molecule has 0 unspecified atom stereocenters. The van der Waals surface area contributed by atoms with Crippen LogP contribution in [0, 0.1) is 5.92 Å². The smallest absolute Gasteiger partial charge is 0.167 e. The normalized spacial score (nSPS) is 12.5. The monoisotopic (exact) mass is 211 g/mol. The SMILES string of the molecule is CCC[C@@H](C)C(=O)c1ccncc1Cl. The van der Waals surface area contributed by atoms with Gasteiger partial charge in [-0.1, -0.05) is 31.9 Å². The minimum Gasteiger partial charge on any atom is -0.294 e. The largest absolute Gasteiger partial charge is 0.294 e. The molecule has 0 N–H and O–H groups in total. The maximum atomic E-state index is 11.8. The number of rotatable bonds is 4. The lowest BCUT2D eigenvalue weighted by atomic mass is 9.96. The highest BCUT2D eigenvalue weighted by molar-refractivity contribution is 6.33. The van der Waals surface area contributed by atoms with Crippen molar-refractivity contribution in [2.24, 2.45) is 5.92 Å². The molecule has 0 spiro atoms. The number of hydrogen-bond donors (Lipinski definition) is 0. The molecule has 76 valence electrons. The highest BCUT2D eigenvalue weighted by Crippen LogP contribution is 2.19. The summed E-state index contributed by atoms with van der Waals surface area (Å²) >= 11 is 5.88. The molecule has 0 aliphatic carbocycles. The third-order valence-electron chi connectivity index (χ3n) is 2.21. The molecule has 1 heterocycles. The predicted molar refractivity (Wildman–Crippen MR) is 57.6 cm³/mol. The number of pyridine rings is 1. The predicted octanol–water partition coefficient (Wildman–Crippen LogP) is 3.35. The van der Waals surface area contributed by atoms with Crippen molar-refractivity contribution in [1.29, 1.82) is 0 Å². The molecule has 3 heteroatoms. The van der Waals surface area contributed by atoms with E-state index in [0.717, 1.165) is 12.8 Å². The Hall–Kier alpha value is -0.890. The van der Waals surface area contributed by atoms with Crippen molar-refractivity contribution >= 4 is 17.4 Å². The molecule has 2 nitrogen and oxygen atoms in total. The van der Waals surface area contributed by atoms with Crippen LogP contribution in [0.1, 0.15) is 37.0 Å². The second-order valence-corrected chi connectivity index (χ2v) is 3.82. The summed E-state index contributed by atoms with van der Waals surface area (Å²) in [6, 6.07) is 1.68. The first-order valence-electron chi connectivity index (χ1n) is 4.80. The molecule has 0 bridgehead atoms. The third-order valence-corrected chi connectivity index (χ3v) is 2.51. The minimum absolute atomic E-state index is 0.0416. The van der Waals surface area contributed by atoms with Gasteiger partial charge in [0.25, 0.3) is 0 Å². The summed E-state index contributed by atoms with van der Waals surface area (Å²) in [6.07, 6.45) is 5.01. The van der Waals surface area contributed by atoms with Crippen LogP contribution in [0.3, 0.4) is 0 Å². The summed E-state index contributed by atoms with van der Waals surface area (Å²) in [5.74, 6) is 0.152. The molecule has 0 amide bonds. The van der Waals surface area contributed by atoms with Crippen molar-refractivity contribution in [2.75, 3.05) is 0 Å². The molecule has 0 aromatic carbocycles. The zero-order valence-electron chi connectivity index (χ0n) is 8.46. The number of halogens is 1. The summed E-state index contributed by atoms with van der Waals surface area (Å²) in [4.78, 5) is 15.7. The van der Waals surface area contributed by atoms with Crippen molar-refractivity contribution in [3.8, 4) is 0 Å². The number of nitrogens with zero attached hydrogens (tertiary/aromatic N) is 1. The van der Waals surface area contributed by atoms with Gasteiger partial charge in [-0.05, 0) is 12.5 Å². The fourth-order valence-electron chi connectivity index (χ4n) is 1.40. The van der Waals surface area contributed by atoms with E-state index < -0.39 is 0 Å². The lowest BCUT2D eigenvalue weighted by Gasteiger charge is -2.09. The lowest BCUT2D eigenvalue weighted by Crippen LogP contribution is -2.11. The summed E-state index contributed by atoms with van der Waals surface area (Å²) in [5.41, 5.74) is 0.586. The highest BCUT2D eigenvalue weighted by Gasteiger charge is 2.16. The summed E-state index contributed by atoms with van der Waals surface area (Å²) in [6.45, 7) is 4.00. The summed E-state index contributed by atoms with van der Waals surface area (Å²) in [5, 5.41) is 0.445. The van der Waals surface area contributed by atoms with Crippen molar-refractivity contribution in [3.05, 3.63) is 29.0 Å². The first kappa shape index (κ1) is 11.2. The van der Waals surface area contributed by atoms with Crippen LogP contribution in [0.25, 0.3) is 0 Å². The number of aromatic nitrogens is 1. The average Bonchev–Trinajstić information content (AvgIpc) is 2.18. The number of ketones is 1. The average molecular weight is 212 g/mol. The first-order chi connectivity index (χ1) is 6.66. The lowest BCUT2D eigenvalue weighted by molar-refractivity contribution is 0.0923. The van der Waals surface area contributed by atoms with Crippen LogP contribution in [-0.2, 0) is 0 Å². The van der Waals surface area contributed by atoms with Crippen molar-refractivity contribution in [2.45, 2.75) is 26.7 Å². The van der Waals surface area contributed by atoms with Crippen LogP contribution in [-0.4, -0.2) is 10.8 Å². The zero-order valence-corrected chi connectivity index (χ0v) is 9.21. The van der Waals surface area contributed by atoms with Crippen LogP contribution in [0.2, 0.25) is 5.02 Å². The quantitative estimate of drug-likeness (QED) is 0.715. The van der Waals surface area contributed by atoms with Crippen LogP contribution in [0.5, 0.6) is 0 Å². The Morgan fingerprint density at radius 1 is 1.64 bits per heavy atom. The van der Waals surface area contributed by atoms with Gasteiger partial charge in [0, 0.05) is 23.9 Å². The number of Topliss-reactive ketones (excluding diaryl/α,β-unsaturated/α-hetero) is 1. The number of carbonyl (C=O) groups is 1. The molecule has 1 rings (SSSR count). The Labute approximate surface area is 89.3 Å². The molecule has 14 heavy (non-hydrogen) atoms. The molecule has 1 atom stereocenters. The van der Waals surface area contributed by atoms with E-state index in [1.807, 2.05) is 6.92 Å². The van der Waals surface area contributed by atoms with Crippen LogP contribution in [0.4, 0.5) is 0 Å². The Morgan fingerprint density at radius 3 is 2.93 bits per heavy atom.